The van der Waals surface area contributed by atoms with Gasteiger partial charge in [-0.25, -0.2) is 0 Å². The molecule has 0 spiro atoms. The SMILES string of the molecule is CNC1CCN(C(=O)c2ccncc2Cl)C1.Cl.Cl. The summed E-state index contributed by atoms with van der Waals surface area (Å²) in [5.41, 5.74) is 0.536. The Morgan fingerprint density at radius 1 is 1.56 bits per heavy atom. The molecule has 2 rings (SSSR count). The van der Waals surface area contributed by atoms with Gasteiger partial charge in [0.2, 0.25) is 0 Å². The maximum Gasteiger partial charge on any atom is 0.255 e. The lowest BCUT2D eigenvalue weighted by Gasteiger charge is -2.16. The molecular formula is C11H16Cl3N3O. The molecule has 1 atom stereocenters. The van der Waals surface area contributed by atoms with Crippen LogP contribution in [0.5, 0.6) is 0 Å². The number of amides is 1. The van der Waals surface area contributed by atoms with Crippen LogP contribution in [0, 0.1) is 0 Å². The van der Waals surface area contributed by atoms with Gasteiger partial charge in [-0.2, -0.15) is 0 Å². The van der Waals surface area contributed by atoms with Crippen molar-refractivity contribution in [3.05, 3.63) is 29.0 Å². The molecule has 4 nitrogen and oxygen atoms in total. The van der Waals surface area contributed by atoms with Crippen LogP contribution in [-0.2, 0) is 0 Å². The monoisotopic (exact) mass is 311 g/mol. The van der Waals surface area contributed by atoms with Crippen LogP contribution in [0.4, 0.5) is 0 Å². The van der Waals surface area contributed by atoms with Gasteiger partial charge in [-0.3, -0.25) is 9.78 Å². The third-order valence-corrected chi connectivity index (χ3v) is 3.19. The van der Waals surface area contributed by atoms with Gasteiger partial charge in [-0.15, -0.1) is 24.8 Å². The van der Waals surface area contributed by atoms with Gasteiger partial charge in [0.15, 0.2) is 0 Å². The fraction of sp³-hybridized carbons (Fsp3) is 0.455. The summed E-state index contributed by atoms with van der Waals surface area (Å²) in [7, 11) is 1.91. The summed E-state index contributed by atoms with van der Waals surface area (Å²) >= 11 is 5.94. The minimum Gasteiger partial charge on any atom is -0.337 e. The van der Waals surface area contributed by atoms with Crippen molar-refractivity contribution < 1.29 is 4.79 Å². The van der Waals surface area contributed by atoms with E-state index in [0.717, 1.165) is 19.5 Å². The molecule has 1 amide bonds. The lowest BCUT2D eigenvalue weighted by atomic mass is 10.2. The molecule has 18 heavy (non-hydrogen) atoms. The summed E-state index contributed by atoms with van der Waals surface area (Å²) < 4.78 is 0. The standard InChI is InChI=1S/C11H14ClN3O.2ClH/c1-13-8-3-5-15(7-8)11(16)9-2-4-14-6-10(9)12;;/h2,4,6,8,13H,3,5,7H2,1H3;2*1H. The number of likely N-dealkylation sites (tertiary alicyclic amines) is 1. The second kappa shape index (κ2) is 7.79. The highest BCUT2D eigenvalue weighted by Gasteiger charge is 2.26. The Bertz CT molecular complexity index is 403. The fourth-order valence-electron chi connectivity index (χ4n) is 1.90. The average molecular weight is 313 g/mol. The molecule has 0 bridgehead atoms. The molecular weight excluding hydrogens is 296 g/mol. The van der Waals surface area contributed by atoms with Crippen LogP contribution in [-0.4, -0.2) is 42.0 Å². The summed E-state index contributed by atoms with van der Waals surface area (Å²) in [4.78, 5) is 17.8. The predicted octanol–water partition coefficient (Wildman–Crippen LogP) is 2.01. The first-order valence-corrected chi connectivity index (χ1v) is 5.66. The zero-order valence-corrected chi connectivity index (χ0v) is 12.3. The number of nitrogens with zero attached hydrogens (tertiary/aromatic N) is 2. The smallest absolute Gasteiger partial charge is 0.255 e. The van der Waals surface area contributed by atoms with Gasteiger partial charge >= 0.3 is 0 Å². The first-order valence-electron chi connectivity index (χ1n) is 5.28. The number of nitrogens with one attached hydrogen (secondary N) is 1. The third kappa shape index (κ3) is 3.72. The molecule has 1 unspecified atom stereocenters. The van der Waals surface area contributed by atoms with Crippen LogP contribution >= 0.6 is 36.4 Å². The van der Waals surface area contributed by atoms with Gasteiger partial charge < -0.3 is 10.2 Å². The number of halogens is 3. The van der Waals surface area contributed by atoms with E-state index in [9.17, 15) is 4.79 Å². The average Bonchev–Trinajstić information content (AvgIpc) is 2.77. The van der Waals surface area contributed by atoms with E-state index in [0.29, 0.717) is 16.6 Å². The number of carbonyl (C=O) groups is 1. The van der Waals surface area contributed by atoms with Crippen molar-refractivity contribution in [3.8, 4) is 0 Å². The number of hydrogen-bond donors (Lipinski definition) is 1. The Morgan fingerprint density at radius 3 is 2.83 bits per heavy atom. The van der Waals surface area contributed by atoms with Crippen molar-refractivity contribution in [2.75, 3.05) is 20.1 Å². The highest BCUT2D eigenvalue weighted by molar-refractivity contribution is 6.33. The summed E-state index contributed by atoms with van der Waals surface area (Å²) in [6.45, 7) is 1.52. The number of rotatable bonds is 2. The number of aromatic nitrogens is 1. The van der Waals surface area contributed by atoms with Crippen LogP contribution < -0.4 is 5.32 Å². The molecule has 2 heterocycles. The van der Waals surface area contributed by atoms with Crippen molar-refractivity contribution in [1.82, 2.24) is 15.2 Å². The molecule has 0 aliphatic carbocycles. The number of hydrogen-bond acceptors (Lipinski definition) is 3. The Balaban J connectivity index is 0.00000144. The topological polar surface area (TPSA) is 45.2 Å². The van der Waals surface area contributed by atoms with Crippen molar-refractivity contribution in [3.63, 3.8) is 0 Å². The van der Waals surface area contributed by atoms with Crippen LogP contribution in [0.1, 0.15) is 16.8 Å². The Kier molecular flexibility index (Phi) is 7.55. The van der Waals surface area contributed by atoms with Crippen molar-refractivity contribution in [1.29, 1.82) is 0 Å². The van der Waals surface area contributed by atoms with Gasteiger partial charge in [0.05, 0.1) is 10.6 Å². The molecule has 1 saturated heterocycles. The van der Waals surface area contributed by atoms with Gasteiger partial charge in [0.25, 0.3) is 5.91 Å². The summed E-state index contributed by atoms with van der Waals surface area (Å²) in [5.74, 6) is -0.00912. The molecule has 1 aromatic heterocycles. The van der Waals surface area contributed by atoms with E-state index in [1.807, 2.05) is 11.9 Å². The molecule has 0 aromatic carbocycles. The van der Waals surface area contributed by atoms with Gasteiger partial charge in [0.1, 0.15) is 0 Å². The van der Waals surface area contributed by atoms with E-state index in [2.05, 4.69) is 10.3 Å². The zero-order chi connectivity index (χ0) is 11.5. The maximum atomic E-state index is 12.1. The molecule has 102 valence electrons. The van der Waals surface area contributed by atoms with Crippen LogP contribution in [0.2, 0.25) is 5.02 Å². The zero-order valence-electron chi connectivity index (χ0n) is 9.93. The molecule has 0 radical (unpaired) electrons. The number of likely N-dealkylation sites (N-methyl/N-ethyl adjacent to an activating group) is 1. The lowest BCUT2D eigenvalue weighted by Crippen LogP contribution is -2.33. The highest BCUT2D eigenvalue weighted by Crippen LogP contribution is 2.18. The second-order valence-corrected chi connectivity index (χ2v) is 4.29. The quantitative estimate of drug-likeness (QED) is 0.908. The van der Waals surface area contributed by atoms with Gasteiger partial charge in [-0.1, -0.05) is 11.6 Å². The van der Waals surface area contributed by atoms with Crippen molar-refractivity contribution >= 4 is 42.3 Å². The van der Waals surface area contributed by atoms with Crippen molar-refractivity contribution in [2.45, 2.75) is 12.5 Å². The van der Waals surface area contributed by atoms with Gasteiger partial charge in [0, 0.05) is 31.5 Å². The molecule has 7 heteroatoms. The largest absolute Gasteiger partial charge is 0.337 e. The lowest BCUT2D eigenvalue weighted by molar-refractivity contribution is 0.0790. The minimum absolute atomic E-state index is 0. The molecule has 1 aliphatic rings. The molecule has 1 fully saturated rings. The number of carbonyl (C=O) groups excluding carboxylic acids is 1. The fourth-order valence-corrected chi connectivity index (χ4v) is 2.10. The van der Waals surface area contributed by atoms with E-state index in [4.69, 9.17) is 11.6 Å². The summed E-state index contributed by atoms with van der Waals surface area (Å²) in [6, 6.07) is 2.06. The Hall–Kier alpha value is -0.550. The summed E-state index contributed by atoms with van der Waals surface area (Å²) in [5, 5.41) is 3.59. The van der Waals surface area contributed by atoms with Crippen LogP contribution in [0.15, 0.2) is 18.5 Å². The first-order chi connectivity index (χ1) is 7.72. The molecule has 1 aliphatic heterocycles. The van der Waals surface area contributed by atoms with Crippen LogP contribution in [0.3, 0.4) is 0 Å². The van der Waals surface area contributed by atoms with Crippen molar-refractivity contribution in [2.24, 2.45) is 0 Å². The van der Waals surface area contributed by atoms with E-state index in [1.165, 1.54) is 6.20 Å². The highest BCUT2D eigenvalue weighted by atomic mass is 35.5. The normalized spacial score (nSPS) is 17.9. The summed E-state index contributed by atoms with van der Waals surface area (Å²) in [6.07, 6.45) is 4.08. The molecule has 1 aromatic rings. The van der Waals surface area contributed by atoms with Gasteiger partial charge in [-0.05, 0) is 19.5 Å². The first kappa shape index (κ1) is 17.4. The minimum atomic E-state index is -0.00912. The number of pyridine rings is 1. The predicted molar refractivity (Wildman–Crippen MR) is 77.1 cm³/mol. The Labute approximate surface area is 124 Å². The third-order valence-electron chi connectivity index (χ3n) is 2.89. The second-order valence-electron chi connectivity index (χ2n) is 3.88. The Morgan fingerprint density at radius 2 is 2.28 bits per heavy atom. The van der Waals surface area contributed by atoms with E-state index >= 15 is 0 Å². The van der Waals surface area contributed by atoms with E-state index in [-0.39, 0.29) is 30.7 Å². The van der Waals surface area contributed by atoms with E-state index in [1.54, 1.807) is 12.3 Å². The maximum absolute atomic E-state index is 12.1. The molecule has 0 saturated carbocycles. The van der Waals surface area contributed by atoms with Crippen LogP contribution in [0.25, 0.3) is 0 Å². The molecule has 1 N–H and O–H groups in total. The van der Waals surface area contributed by atoms with E-state index < -0.39 is 0 Å².